The molecule has 3 aromatic rings. The Labute approximate surface area is 333 Å². The molecule has 0 aliphatic carbocycles. The van der Waals surface area contributed by atoms with E-state index in [-0.39, 0.29) is 71.6 Å². The van der Waals surface area contributed by atoms with Crippen LogP contribution in [0, 0.1) is 0 Å². The summed E-state index contributed by atoms with van der Waals surface area (Å²) >= 11 is 0. The lowest BCUT2D eigenvalue weighted by Gasteiger charge is -2.48. The van der Waals surface area contributed by atoms with E-state index in [1.807, 2.05) is 30.3 Å². The molecule has 1 spiro atoms. The molecule has 0 amide bonds. The van der Waals surface area contributed by atoms with Gasteiger partial charge in [0.1, 0.15) is 36.1 Å². The van der Waals surface area contributed by atoms with Gasteiger partial charge in [-0.15, -0.1) is 0 Å². The molecule has 1 fully saturated rings. The maximum Gasteiger partial charge on any atom is 0.342 e. The molecule has 316 valence electrons. The van der Waals surface area contributed by atoms with E-state index in [1.54, 1.807) is 6.92 Å². The number of nitrogens with two attached hydrogens (primary N) is 1. The minimum atomic E-state index is -1.95. The van der Waals surface area contributed by atoms with Gasteiger partial charge in [-0.25, -0.2) is 14.6 Å². The minimum Gasteiger partial charge on any atom is -0.504 e. The molecular formula is C39H50N4O15. The van der Waals surface area contributed by atoms with Crippen molar-refractivity contribution in [3.05, 3.63) is 64.7 Å². The molecule has 5 atom stereocenters. The zero-order valence-corrected chi connectivity index (χ0v) is 32.1. The molecule has 58 heavy (non-hydrogen) atoms. The molecular weight excluding hydrogens is 764 g/mol. The van der Waals surface area contributed by atoms with Crippen molar-refractivity contribution in [3.8, 4) is 34.5 Å². The van der Waals surface area contributed by atoms with Gasteiger partial charge in [0.25, 0.3) is 0 Å². The van der Waals surface area contributed by atoms with Gasteiger partial charge in [0.05, 0.1) is 25.0 Å². The molecule has 0 bridgehead atoms. The van der Waals surface area contributed by atoms with E-state index in [0.29, 0.717) is 32.4 Å². The minimum absolute atomic E-state index is 0.0104. The number of aliphatic hydroxyl groups excluding tert-OH is 4. The number of rotatable bonds is 17. The lowest BCUT2D eigenvalue weighted by Crippen LogP contribution is -2.67. The van der Waals surface area contributed by atoms with Crippen LogP contribution >= 0.6 is 0 Å². The summed E-state index contributed by atoms with van der Waals surface area (Å²) in [5, 5.41) is 80.8. The second kappa shape index (κ2) is 19.6. The van der Waals surface area contributed by atoms with E-state index in [4.69, 9.17) is 39.3 Å². The molecule has 1 saturated heterocycles. The Morgan fingerprint density at radius 3 is 2.48 bits per heavy atom. The van der Waals surface area contributed by atoms with Gasteiger partial charge in [-0.05, 0) is 38.2 Å². The fourth-order valence-electron chi connectivity index (χ4n) is 6.66. The number of benzene rings is 3. The quantitative estimate of drug-likeness (QED) is 0.0397. The number of anilines is 1. The highest BCUT2D eigenvalue weighted by molar-refractivity contribution is 5.97. The van der Waals surface area contributed by atoms with Crippen LogP contribution in [0.25, 0.3) is 0 Å². The number of cyclic esters (lactones) is 1. The molecule has 0 radical (unpaired) electrons. The Morgan fingerprint density at radius 2 is 1.79 bits per heavy atom. The number of carboxylic acid groups (broad SMARTS) is 1. The Balaban J connectivity index is 1.43. The molecule has 2 heterocycles. The van der Waals surface area contributed by atoms with Crippen molar-refractivity contribution >= 4 is 23.6 Å². The number of nitrogens with one attached hydrogen (secondary N) is 2. The average Bonchev–Trinajstić information content (AvgIpc) is 3.20. The number of unbranched alkanes of at least 4 members (excludes halogenated alkanes) is 1. The number of ether oxygens (including phenoxy) is 6. The average molecular weight is 815 g/mol. The van der Waals surface area contributed by atoms with Crippen LogP contribution in [0.2, 0.25) is 0 Å². The van der Waals surface area contributed by atoms with Crippen molar-refractivity contribution in [2.75, 3.05) is 52.1 Å². The van der Waals surface area contributed by atoms with Crippen LogP contribution in [0.4, 0.5) is 5.69 Å². The number of phenols is 2. The van der Waals surface area contributed by atoms with Gasteiger partial charge < -0.3 is 80.5 Å². The lowest BCUT2D eigenvalue weighted by molar-refractivity contribution is -0.320. The summed E-state index contributed by atoms with van der Waals surface area (Å²) in [7, 11) is 1.24. The van der Waals surface area contributed by atoms with E-state index < -0.39 is 72.7 Å². The summed E-state index contributed by atoms with van der Waals surface area (Å²) < 4.78 is 34.8. The molecule has 2 aliphatic heterocycles. The van der Waals surface area contributed by atoms with Crippen molar-refractivity contribution in [2.24, 2.45) is 10.7 Å². The molecule has 0 saturated carbocycles. The fourth-order valence-corrected chi connectivity index (χ4v) is 6.66. The second-order valence-electron chi connectivity index (χ2n) is 13.5. The largest absolute Gasteiger partial charge is 0.504 e. The van der Waals surface area contributed by atoms with Gasteiger partial charge in [0.15, 0.2) is 35.7 Å². The Morgan fingerprint density at radius 1 is 1.03 bits per heavy atom. The first-order valence-electron chi connectivity index (χ1n) is 18.7. The third-order valence-electron chi connectivity index (χ3n) is 9.70. The van der Waals surface area contributed by atoms with E-state index in [2.05, 4.69) is 15.6 Å². The monoisotopic (exact) mass is 814 g/mol. The van der Waals surface area contributed by atoms with Gasteiger partial charge in [0, 0.05) is 43.8 Å². The third-order valence-corrected chi connectivity index (χ3v) is 9.70. The van der Waals surface area contributed by atoms with Gasteiger partial charge in [-0.1, -0.05) is 30.3 Å². The number of esters is 1. The highest BCUT2D eigenvalue weighted by Crippen LogP contribution is 2.51. The number of hydrogen-bond donors (Lipinski definition) is 10. The van der Waals surface area contributed by atoms with E-state index >= 15 is 0 Å². The number of aromatic hydroxyl groups is 2. The maximum absolute atomic E-state index is 13.7. The maximum atomic E-state index is 13.7. The van der Waals surface area contributed by atoms with Crippen molar-refractivity contribution in [1.82, 2.24) is 5.32 Å². The number of phenolic OH excluding ortho intramolecular Hbond substituents is 2. The Hall–Kier alpha value is -5.73. The molecule has 5 rings (SSSR count). The predicted octanol–water partition coefficient (Wildman–Crippen LogP) is 1.23. The second-order valence-corrected chi connectivity index (χ2v) is 13.5. The van der Waals surface area contributed by atoms with E-state index in [9.17, 15) is 40.2 Å². The molecule has 19 heteroatoms. The van der Waals surface area contributed by atoms with Crippen LogP contribution in [0.1, 0.15) is 58.0 Å². The molecule has 3 aromatic carbocycles. The first-order chi connectivity index (χ1) is 27.8. The zero-order valence-electron chi connectivity index (χ0n) is 32.1. The number of carbonyl (C=O) groups excluding carboxylic acids is 1. The number of aliphatic hydroxyl groups is 4. The number of methoxy groups -OCH3 is 1. The van der Waals surface area contributed by atoms with Crippen LogP contribution in [0.3, 0.4) is 0 Å². The number of aliphatic imine (C=N–C) groups is 1. The standard InChI is InChI=1S/C39H50N4O15/c1-3-41-24-18-26(25(17-23(24)35(50)51)56-20-43-38(40)42-14-7-8-15-44)57-37-30(47)29(46)34(49)39(58-37)13-11-22-27(36(52)55-19-39)28(45)33(31(48)32(22)53-2)54-16-12-21-9-5-4-6-10-21/h4-6,9-10,17-18,29-30,34,37,41,44-49H,3,7-8,11-16,19-20H2,1-2H3,(H,50,51)(H3,40,42,43). The predicted molar refractivity (Wildman–Crippen MR) is 206 cm³/mol. The summed E-state index contributed by atoms with van der Waals surface area (Å²) in [5.41, 5.74) is 4.43. The summed E-state index contributed by atoms with van der Waals surface area (Å²) in [6, 6.07) is 11.8. The Kier molecular flexibility index (Phi) is 14.7. The van der Waals surface area contributed by atoms with Crippen LogP contribution < -0.4 is 35.3 Å². The smallest absolute Gasteiger partial charge is 0.342 e. The number of aromatic carboxylic acids is 1. The molecule has 19 nitrogen and oxygen atoms in total. The lowest BCUT2D eigenvalue weighted by atomic mass is 9.81. The van der Waals surface area contributed by atoms with E-state index in [0.717, 1.165) is 11.6 Å². The van der Waals surface area contributed by atoms with Gasteiger partial charge >= 0.3 is 11.9 Å². The number of carboxylic acids is 1. The molecule has 5 unspecified atom stereocenters. The first kappa shape index (κ1) is 43.4. The summed E-state index contributed by atoms with van der Waals surface area (Å²) in [6.07, 6.45) is -6.34. The van der Waals surface area contributed by atoms with Crippen molar-refractivity contribution in [1.29, 1.82) is 0 Å². The number of carbonyl (C=O) groups is 2. The van der Waals surface area contributed by atoms with Crippen molar-refractivity contribution < 1.29 is 73.8 Å². The number of nitrogens with zero attached hydrogens (tertiary/aromatic N) is 1. The molecule has 2 aliphatic rings. The van der Waals surface area contributed by atoms with Crippen LogP contribution in [-0.4, -0.2) is 131 Å². The normalized spacial score (nSPS) is 21.9. The van der Waals surface area contributed by atoms with Crippen LogP contribution in [-0.2, 0) is 22.3 Å². The molecule has 11 N–H and O–H groups in total. The van der Waals surface area contributed by atoms with E-state index in [1.165, 1.54) is 13.2 Å². The summed E-state index contributed by atoms with van der Waals surface area (Å²) in [4.78, 5) is 29.9. The third kappa shape index (κ3) is 9.68. The topological polar surface area (TPSA) is 294 Å². The van der Waals surface area contributed by atoms with Gasteiger partial charge in [-0.3, -0.25) is 0 Å². The molecule has 0 aromatic heterocycles. The Bertz CT molecular complexity index is 1930. The number of guanidine groups is 1. The first-order valence-corrected chi connectivity index (χ1v) is 18.7. The number of fused-ring (bicyclic) bond motifs is 1. The van der Waals surface area contributed by atoms with Gasteiger partial charge in [0.2, 0.25) is 17.8 Å². The van der Waals surface area contributed by atoms with Crippen LogP contribution in [0.5, 0.6) is 34.5 Å². The van der Waals surface area contributed by atoms with Gasteiger partial charge in [-0.2, -0.15) is 0 Å². The summed E-state index contributed by atoms with van der Waals surface area (Å²) in [5.74, 6) is -4.61. The highest BCUT2D eigenvalue weighted by Gasteiger charge is 2.56. The number of hydrogen-bond acceptors (Lipinski definition) is 16. The van der Waals surface area contributed by atoms with Crippen molar-refractivity contribution in [3.63, 3.8) is 0 Å². The van der Waals surface area contributed by atoms with Crippen LogP contribution in [0.15, 0.2) is 47.5 Å². The van der Waals surface area contributed by atoms with Crippen molar-refractivity contribution in [2.45, 2.75) is 69.2 Å². The fraction of sp³-hybridized carbons (Fsp3) is 0.462. The zero-order chi connectivity index (χ0) is 42.0. The summed E-state index contributed by atoms with van der Waals surface area (Å²) in [6.45, 7) is 1.40. The SMILES string of the molecule is CCNc1cc(OC2OC3(CCc4c(OC)c(O)c(OCCc5ccccc5)c(O)c4C(=O)OC3)C(O)C(O)C2O)c(OCN=C(N)NCCCCO)cc1C(=O)O. The highest BCUT2D eigenvalue weighted by atomic mass is 16.7.